The lowest BCUT2D eigenvalue weighted by molar-refractivity contribution is -0.121. The minimum Gasteiger partial charge on any atom is -0.357 e. The number of hydrogen-bond donors (Lipinski definition) is 3. The number of nitrogens with zero attached hydrogens (tertiary/aromatic N) is 1. The van der Waals surface area contributed by atoms with Gasteiger partial charge in [-0.15, -0.1) is 0 Å². The van der Waals surface area contributed by atoms with Crippen molar-refractivity contribution in [2.45, 2.75) is 38.8 Å². The quantitative estimate of drug-likeness (QED) is 0.525. The van der Waals surface area contributed by atoms with Crippen molar-refractivity contribution in [3.8, 4) is 0 Å². The summed E-state index contributed by atoms with van der Waals surface area (Å²) < 4.78 is 0. The Hall–Kier alpha value is -2.04. The molecule has 5 heteroatoms. The first-order valence-electron chi connectivity index (χ1n) is 7.63. The third kappa shape index (κ3) is 6.29. The Morgan fingerprint density at radius 2 is 2.00 bits per heavy atom. The first-order valence-corrected chi connectivity index (χ1v) is 7.63. The molecule has 1 aromatic carbocycles. The average Bonchev–Trinajstić information content (AvgIpc) is 3.30. The molecular formula is C16H24N4O. The van der Waals surface area contributed by atoms with Crippen LogP contribution in [0.25, 0.3) is 0 Å². The van der Waals surface area contributed by atoms with Gasteiger partial charge in [-0.1, -0.05) is 30.3 Å². The smallest absolute Gasteiger partial charge is 0.222 e. The van der Waals surface area contributed by atoms with Gasteiger partial charge in [0.2, 0.25) is 5.91 Å². The van der Waals surface area contributed by atoms with Gasteiger partial charge in [0.05, 0.1) is 6.54 Å². The molecule has 5 nitrogen and oxygen atoms in total. The Balaban J connectivity index is 1.67. The van der Waals surface area contributed by atoms with Crippen molar-refractivity contribution in [2.24, 2.45) is 4.99 Å². The molecule has 0 aliphatic heterocycles. The molecule has 21 heavy (non-hydrogen) atoms. The lowest BCUT2D eigenvalue weighted by Crippen LogP contribution is -2.38. The van der Waals surface area contributed by atoms with E-state index in [1.54, 1.807) is 0 Å². The monoisotopic (exact) mass is 288 g/mol. The second-order valence-electron chi connectivity index (χ2n) is 5.19. The molecule has 0 unspecified atom stereocenters. The van der Waals surface area contributed by atoms with E-state index in [2.05, 4.69) is 20.9 Å². The molecule has 1 aromatic rings. The van der Waals surface area contributed by atoms with Crippen LogP contribution in [0.4, 0.5) is 0 Å². The first-order chi connectivity index (χ1) is 10.3. The maximum Gasteiger partial charge on any atom is 0.222 e. The van der Waals surface area contributed by atoms with E-state index in [-0.39, 0.29) is 5.91 Å². The van der Waals surface area contributed by atoms with Crippen LogP contribution in [-0.4, -0.2) is 31.0 Å². The van der Waals surface area contributed by atoms with Crippen LogP contribution in [0.15, 0.2) is 35.3 Å². The fourth-order valence-corrected chi connectivity index (χ4v) is 1.90. The maximum atomic E-state index is 11.8. The number of amides is 1. The lowest BCUT2D eigenvalue weighted by atomic mass is 10.2. The molecule has 0 aromatic heterocycles. The standard InChI is InChI=1S/C16H24N4O/c1-2-17-16(20-14-8-9-14)18-11-10-15(21)19-12-13-6-4-3-5-7-13/h3-7,14H,2,8-12H2,1H3,(H,19,21)(H2,17,18,20). The van der Waals surface area contributed by atoms with Gasteiger partial charge in [0.15, 0.2) is 5.96 Å². The first kappa shape index (κ1) is 15.4. The van der Waals surface area contributed by atoms with Crippen LogP contribution in [0.1, 0.15) is 31.7 Å². The van der Waals surface area contributed by atoms with Crippen molar-refractivity contribution in [1.82, 2.24) is 16.0 Å². The zero-order valence-corrected chi connectivity index (χ0v) is 12.6. The number of aliphatic imine (C=N–C) groups is 1. The van der Waals surface area contributed by atoms with Crippen molar-refractivity contribution >= 4 is 11.9 Å². The molecule has 1 saturated carbocycles. The third-order valence-electron chi connectivity index (χ3n) is 3.20. The topological polar surface area (TPSA) is 65.5 Å². The number of hydrogen-bond acceptors (Lipinski definition) is 2. The van der Waals surface area contributed by atoms with Gasteiger partial charge in [0, 0.05) is 25.6 Å². The summed E-state index contributed by atoms with van der Waals surface area (Å²) in [4.78, 5) is 16.2. The zero-order chi connectivity index (χ0) is 14.9. The van der Waals surface area contributed by atoms with E-state index in [1.807, 2.05) is 37.3 Å². The van der Waals surface area contributed by atoms with Crippen LogP contribution in [0.5, 0.6) is 0 Å². The van der Waals surface area contributed by atoms with E-state index >= 15 is 0 Å². The van der Waals surface area contributed by atoms with E-state index in [4.69, 9.17) is 0 Å². The van der Waals surface area contributed by atoms with Gasteiger partial charge >= 0.3 is 0 Å². The van der Waals surface area contributed by atoms with Gasteiger partial charge < -0.3 is 16.0 Å². The molecule has 2 rings (SSSR count). The molecule has 1 amide bonds. The fraction of sp³-hybridized carbons (Fsp3) is 0.500. The van der Waals surface area contributed by atoms with Crippen molar-refractivity contribution in [3.63, 3.8) is 0 Å². The van der Waals surface area contributed by atoms with Gasteiger partial charge in [-0.25, -0.2) is 0 Å². The average molecular weight is 288 g/mol. The molecule has 1 fully saturated rings. The van der Waals surface area contributed by atoms with Crippen molar-refractivity contribution in [2.75, 3.05) is 13.1 Å². The van der Waals surface area contributed by atoms with E-state index in [0.29, 0.717) is 25.6 Å². The van der Waals surface area contributed by atoms with Crippen LogP contribution in [0, 0.1) is 0 Å². The number of rotatable bonds is 7. The predicted octanol–water partition coefficient (Wildman–Crippen LogP) is 1.41. The normalized spacial score (nSPS) is 14.6. The number of carbonyl (C=O) groups excluding carboxylic acids is 1. The summed E-state index contributed by atoms with van der Waals surface area (Å²) in [6.07, 6.45) is 2.83. The highest BCUT2D eigenvalue weighted by Gasteiger charge is 2.21. The second kappa shape index (κ2) is 8.29. The van der Waals surface area contributed by atoms with Crippen LogP contribution in [0.3, 0.4) is 0 Å². The molecule has 0 bridgehead atoms. The highest BCUT2D eigenvalue weighted by Crippen LogP contribution is 2.18. The Kier molecular flexibility index (Phi) is 6.06. The fourth-order valence-electron chi connectivity index (χ4n) is 1.90. The van der Waals surface area contributed by atoms with Crippen molar-refractivity contribution < 1.29 is 4.79 Å². The van der Waals surface area contributed by atoms with Crippen molar-refractivity contribution in [1.29, 1.82) is 0 Å². The van der Waals surface area contributed by atoms with Gasteiger partial charge in [-0.3, -0.25) is 9.79 Å². The minimum absolute atomic E-state index is 0.0323. The summed E-state index contributed by atoms with van der Waals surface area (Å²) in [5.74, 6) is 0.848. The van der Waals surface area contributed by atoms with Gasteiger partial charge in [-0.05, 0) is 25.3 Å². The van der Waals surface area contributed by atoms with Crippen LogP contribution in [-0.2, 0) is 11.3 Å². The molecule has 114 valence electrons. The van der Waals surface area contributed by atoms with Crippen LogP contribution >= 0.6 is 0 Å². The molecule has 0 spiro atoms. The Labute approximate surface area is 126 Å². The van der Waals surface area contributed by atoms with Gasteiger partial charge in [0.1, 0.15) is 0 Å². The number of benzene rings is 1. The Morgan fingerprint density at radius 3 is 2.67 bits per heavy atom. The van der Waals surface area contributed by atoms with Gasteiger partial charge in [-0.2, -0.15) is 0 Å². The molecule has 0 radical (unpaired) electrons. The number of guanidine groups is 1. The Bertz CT molecular complexity index is 468. The van der Waals surface area contributed by atoms with E-state index in [0.717, 1.165) is 18.1 Å². The summed E-state index contributed by atoms with van der Waals surface area (Å²) in [6.45, 7) is 3.95. The molecule has 0 saturated heterocycles. The summed E-state index contributed by atoms with van der Waals surface area (Å²) in [5.41, 5.74) is 1.11. The zero-order valence-electron chi connectivity index (χ0n) is 12.6. The second-order valence-corrected chi connectivity index (χ2v) is 5.19. The molecule has 0 atom stereocenters. The molecular weight excluding hydrogens is 264 g/mol. The van der Waals surface area contributed by atoms with Crippen LogP contribution in [0.2, 0.25) is 0 Å². The summed E-state index contributed by atoms with van der Waals surface area (Å²) in [7, 11) is 0. The highest BCUT2D eigenvalue weighted by molar-refractivity contribution is 5.81. The summed E-state index contributed by atoms with van der Waals surface area (Å²) in [5, 5.41) is 9.43. The summed E-state index contributed by atoms with van der Waals surface area (Å²) in [6, 6.07) is 10.5. The van der Waals surface area contributed by atoms with Gasteiger partial charge in [0.25, 0.3) is 0 Å². The van der Waals surface area contributed by atoms with Crippen molar-refractivity contribution in [3.05, 3.63) is 35.9 Å². The number of nitrogens with one attached hydrogen (secondary N) is 3. The maximum absolute atomic E-state index is 11.8. The third-order valence-corrected chi connectivity index (χ3v) is 3.20. The molecule has 1 aliphatic carbocycles. The van der Waals surface area contributed by atoms with Crippen LogP contribution < -0.4 is 16.0 Å². The Morgan fingerprint density at radius 1 is 1.24 bits per heavy atom. The SMILES string of the molecule is CCNC(=NCCC(=O)NCc1ccccc1)NC1CC1. The largest absolute Gasteiger partial charge is 0.357 e. The molecule has 3 N–H and O–H groups in total. The molecule has 0 heterocycles. The lowest BCUT2D eigenvalue weighted by Gasteiger charge is -2.10. The summed E-state index contributed by atoms with van der Waals surface area (Å²) >= 11 is 0. The van der Waals surface area contributed by atoms with E-state index < -0.39 is 0 Å². The van der Waals surface area contributed by atoms with E-state index in [1.165, 1.54) is 12.8 Å². The highest BCUT2D eigenvalue weighted by atomic mass is 16.1. The predicted molar refractivity (Wildman–Crippen MR) is 85.0 cm³/mol. The van der Waals surface area contributed by atoms with E-state index in [9.17, 15) is 4.79 Å². The number of carbonyl (C=O) groups is 1. The minimum atomic E-state index is 0.0323. The molecule has 1 aliphatic rings.